The topological polar surface area (TPSA) is 75.6 Å². The van der Waals surface area contributed by atoms with Crippen molar-refractivity contribution >= 4 is 23.2 Å². The number of rotatable bonds is 6. The number of carboxylic acid groups (broad SMARTS) is 1. The van der Waals surface area contributed by atoms with Crippen molar-refractivity contribution in [2.75, 3.05) is 6.54 Å². The lowest BCUT2D eigenvalue weighted by atomic mass is 10.1. The van der Waals surface area contributed by atoms with Gasteiger partial charge in [0.05, 0.1) is 5.41 Å². The van der Waals surface area contributed by atoms with Gasteiger partial charge in [0.1, 0.15) is 10.6 Å². The van der Waals surface area contributed by atoms with Crippen LogP contribution in [0.2, 0.25) is 0 Å². The Morgan fingerprint density at radius 1 is 1.53 bits per heavy atom. The SMILES string of the molecule is O=C(NCC1(C(=O)O)CC1)c1sccc1OC(F)F. The number of aliphatic carboxylic acids is 1. The molecule has 19 heavy (non-hydrogen) atoms. The molecule has 0 spiro atoms. The fraction of sp³-hybridized carbons (Fsp3) is 0.455. The minimum absolute atomic E-state index is 0.00676. The molecule has 1 fully saturated rings. The first kappa shape index (κ1) is 13.7. The van der Waals surface area contributed by atoms with E-state index in [0.717, 1.165) is 11.3 Å². The lowest BCUT2D eigenvalue weighted by Crippen LogP contribution is -2.34. The van der Waals surface area contributed by atoms with Crippen LogP contribution in [-0.4, -0.2) is 30.1 Å². The second-order valence-corrected chi connectivity index (χ2v) is 5.18. The van der Waals surface area contributed by atoms with E-state index >= 15 is 0 Å². The lowest BCUT2D eigenvalue weighted by molar-refractivity contribution is -0.143. The fourth-order valence-corrected chi connectivity index (χ4v) is 2.34. The van der Waals surface area contributed by atoms with Gasteiger partial charge in [0.25, 0.3) is 5.91 Å². The molecule has 0 aliphatic heterocycles. The van der Waals surface area contributed by atoms with Crippen LogP contribution in [0.25, 0.3) is 0 Å². The summed E-state index contributed by atoms with van der Waals surface area (Å²) in [6.45, 7) is -3.01. The number of carboxylic acids is 1. The fourth-order valence-electron chi connectivity index (χ4n) is 1.60. The third kappa shape index (κ3) is 3.01. The van der Waals surface area contributed by atoms with Gasteiger partial charge in [-0.25, -0.2) is 0 Å². The van der Waals surface area contributed by atoms with Crippen molar-refractivity contribution in [3.05, 3.63) is 16.3 Å². The summed E-state index contributed by atoms with van der Waals surface area (Å²) in [6, 6.07) is 1.27. The summed E-state index contributed by atoms with van der Waals surface area (Å²) in [7, 11) is 0. The minimum atomic E-state index is -3.00. The van der Waals surface area contributed by atoms with Gasteiger partial charge in [-0.05, 0) is 24.3 Å². The van der Waals surface area contributed by atoms with E-state index in [-0.39, 0.29) is 17.2 Å². The maximum Gasteiger partial charge on any atom is 0.387 e. The largest absolute Gasteiger partial charge is 0.481 e. The van der Waals surface area contributed by atoms with Gasteiger partial charge in [-0.3, -0.25) is 9.59 Å². The Labute approximate surface area is 111 Å². The molecule has 104 valence electrons. The van der Waals surface area contributed by atoms with Crippen LogP contribution < -0.4 is 10.1 Å². The second kappa shape index (κ2) is 5.12. The van der Waals surface area contributed by atoms with E-state index in [1.807, 2.05) is 0 Å². The molecular formula is C11H11F2NO4S. The molecule has 0 radical (unpaired) electrons. The van der Waals surface area contributed by atoms with Gasteiger partial charge in [-0.1, -0.05) is 0 Å². The molecule has 0 aromatic carbocycles. The highest BCUT2D eigenvalue weighted by atomic mass is 32.1. The van der Waals surface area contributed by atoms with E-state index in [4.69, 9.17) is 5.11 Å². The van der Waals surface area contributed by atoms with Crippen molar-refractivity contribution in [1.82, 2.24) is 5.32 Å². The zero-order valence-electron chi connectivity index (χ0n) is 9.69. The normalized spacial score (nSPS) is 16.2. The van der Waals surface area contributed by atoms with Crippen molar-refractivity contribution in [2.24, 2.45) is 5.41 Å². The molecule has 1 aliphatic rings. The van der Waals surface area contributed by atoms with Crippen LogP contribution in [0.1, 0.15) is 22.5 Å². The van der Waals surface area contributed by atoms with E-state index in [9.17, 15) is 18.4 Å². The highest BCUT2D eigenvalue weighted by Gasteiger charge is 2.50. The van der Waals surface area contributed by atoms with Crippen molar-refractivity contribution in [3.8, 4) is 5.75 Å². The Morgan fingerprint density at radius 2 is 2.21 bits per heavy atom. The monoisotopic (exact) mass is 291 g/mol. The van der Waals surface area contributed by atoms with E-state index in [1.54, 1.807) is 0 Å². The molecule has 0 saturated heterocycles. The third-order valence-corrected chi connectivity index (χ3v) is 3.84. The van der Waals surface area contributed by atoms with Crippen LogP contribution in [0.15, 0.2) is 11.4 Å². The van der Waals surface area contributed by atoms with Crippen LogP contribution in [0.5, 0.6) is 5.75 Å². The Bertz CT molecular complexity index is 499. The number of nitrogens with one attached hydrogen (secondary N) is 1. The lowest BCUT2D eigenvalue weighted by Gasteiger charge is -2.11. The first-order valence-corrected chi connectivity index (χ1v) is 6.36. The Hall–Kier alpha value is -1.70. The molecule has 8 heteroatoms. The van der Waals surface area contributed by atoms with Gasteiger partial charge in [0.15, 0.2) is 0 Å². The van der Waals surface area contributed by atoms with Crippen LogP contribution in [0.3, 0.4) is 0 Å². The van der Waals surface area contributed by atoms with Gasteiger partial charge >= 0.3 is 12.6 Å². The molecule has 1 amide bonds. The summed E-state index contributed by atoms with van der Waals surface area (Å²) in [5.41, 5.74) is -0.892. The quantitative estimate of drug-likeness (QED) is 0.840. The van der Waals surface area contributed by atoms with Gasteiger partial charge in [0, 0.05) is 6.54 Å². The molecular weight excluding hydrogens is 280 g/mol. The zero-order valence-corrected chi connectivity index (χ0v) is 10.5. The van der Waals surface area contributed by atoms with E-state index in [2.05, 4.69) is 10.1 Å². The number of hydrogen-bond acceptors (Lipinski definition) is 4. The molecule has 2 N–H and O–H groups in total. The number of carbonyl (C=O) groups is 2. The number of thiophene rings is 1. The Morgan fingerprint density at radius 3 is 2.74 bits per heavy atom. The van der Waals surface area contributed by atoms with E-state index in [1.165, 1.54) is 11.4 Å². The van der Waals surface area contributed by atoms with Crippen molar-refractivity contribution in [1.29, 1.82) is 0 Å². The van der Waals surface area contributed by atoms with Crippen LogP contribution >= 0.6 is 11.3 Å². The maximum absolute atomic E-state index is 12.1. The first-order valence-electron chi connectivity index (χ1n) is 5.48. The highest BCUT2D eigenvalue weighted by Crippen LogP contribution is 2.45. The number of hydrogen-bond donors (Lipinski definition) is 2. The summed E-state index contributed by atoms with van der Waals surface area (Å²) in [5.74, 6) is -1.75. The summed E-state index contributed by atoms with van der Waals surface area (Å²) in [6.07, 6.45) is 1.01. The smallest absolute Gasteiger partial charge is 0.387 e. The van der Waals surface area contributed by atoms with Crippen molar-refractivity contribution in [3.63, 3.8) is 0 Å². The standard InChI is InChI=1S/C11H11F2NO4S/c12-10(13)18-6-1-4-19-7(6)8(15)14-5-11(2-3-11)9(16)17/h1,4,10H,2-3,5H2,(H,14,15)(H,16,17). The minimum Gasteiger partial charge on any atom is -0.481 e. The molecule has 0 atom stereocenters. The molecule has 0 unspecified atom stereocenters. The molecule has 1 aliphatic carbocycles. The summed E-state index contributed by atoms with van der Waals surface area (Å²) >= 11 is 0.961. The van der Waals surface area contributed by atoms with Crippen LogP contribution in [0.4, 0.5) is 8.78 Å². The summed E-state index contributed by atoms with van der Waals surface area (Å²) < 4.78 is 28.4. The number of amides is 1. The Balaban J connectivity index is 1.97. The van der Waals surface area contributed by atoms with Gasteiger partial charge in [-0.2, -0.15) is 8.78 Å². The molecule has 5 nitrogen and oxygen atoms in total. The molecule has 2 rings (SSSR count). The third-order valence-electron chi connectivity index (χ3n) is 2.95. The molecule has 1 heterocycles. The molecule has 0 bridgehead atoms. The second-order valence-electron chi connectivity index (χ2n) is 4.26. The Kier molecular flexibility index (Phi) is 3.70. The summed E-state index contributed by atoms with van der Waals surface area (Å²) in [5, 5.41) is 12.9. The number of ether oxygens (including phenoxy) is 1. The van der Waals surface area contributed by atoms with Crippen molar-refractivity contribution < 1.29 is 28.2 Å². The summed E-state index contributed by atoms with van der Waals surface area (Å²) in [4.78, 5) is 22.7. The predicted molar refractivity (Wildman–Crippen MR) is 62.6 cm³/mol. The van der Waals surface area contributed by atoms with Gasteiger partial charge in [0.2, 0.25) is 0 Å². The first-order chi connectivity index (χ1) is 8.94. The van der Waals surface area contributed by atoms with Crippen LogP contribution in [0, 0.1) is 5.41 Å². The number of carbonyl (C=O) groups excluding carboxylic acids is 1. The highest BCUT2D eigenvalue weighted by molar-refractivity contribution is 7.12. The average Bonchev–Trinajstić information content (AvgIpc) is 3.00. The van der Waals surface area contributed by atoms with E-state index < -0.39 is 23.9 Å². The van der Waals surface area contributed by atoms with Gasteiger partial charge in [-0.15, -0.1) is 11.3 Å². The number of halogens is 2. The van der Waals surface area contributed by atoms with E-state index in [0.29, 0.717) is 12.8 Å². The van der Waals surface area contributed by atoms with Crippen molar-refractivity contribution in [2.45, 2.75) is 19.5 Å². The predicted octanol–water partition coefficient (Wildman–Crippen LogP) is 1.94. The van der Waals surface area contributed by atoms with Gasteiger partial charge < -0.3 is 15.2 Å². The average molecular weight is 291 g/mol. The number of alkyl halides is 2. The zero-order chi connectivity index (χ0) is 14.0. The molecule has 1 aromatic heterocycles. The maximum atomic E-state index is 12.1. The molecule has 1 aromatic rings. The molecule has 1 saturated carbocycles. The van der Waals surface area contributed by atoms with Crippen LogP contribution in [-0.2, 0) is 4.79 Å².